The Labute approximate surface area is 143 Å². The summed E-state index contributed by atoms with van der Waals surface area (Å²) in [4.78, 5) is 13.5. The van der Waals surface area contributed by atoms with Crippen molar-refractivity contribution in [1.82, 2.24) is 4.90 Å². The minimum Gasteiger partial charge on any atom is -0.459 e. The lowest BCUT2D eigenvalue weighted by Crippen LogP contribution is -2.40. The van der Waals surface area contributed by atoms with Crippen molar-refractivity contribution in [2.24, 2.45) is 5.92 Å². The number of hydrogen-bond donors (Lipinski definition) is 0. The molecule has 0 radical (unpaired) electrons. The third kappa shape index (κ3) is 8.71. The minimum atomic E-state index is -0.505. The fraction of sp³-hybridized carbons (Fsp3) is 0.947. The third-order valence-electron chi connectivity index (χ3n) is 5.10. The highest BCUT2D eigenvalue weighted by Gasteiger charge is 2.31. The molecule has 4 nitrogen and oxygen atoms in total. The topological polar surface area (TPSA) is 38.8 Å². The van der Waals surface area contributed by atoms with Crippen LogP contribution in [-0.2, 0) is 14.3 Å². The van der Waals surface area contributed by atoms with Gasteiger partial charge in [0.1, 0.15) is 5.60 Å². The Morgan fingerprint density at radius 1 is 1.04 bits per heavy atom. The molecular formula is C19H39NO3. The van der Waals surface area contributed by atoms with E-state index in [9.17, 15) is 4.79 Å². The normalized spacial score (nSPS) is 14.9. The molecule has 0 aliphatic carbocycles. The molecule has 0 bridgehead atoms. The molecule has 0 spiro atoms. The highest BCUT2D eigenvalue weighted by Crippen LogP contribution is 2.27. The quantitative estimate of drug-likeness (QED) is 0.561. The van der Waals surface area contributed by atoms with Gasteiger partial charge in [0.05, 0.1) is 12.2 Å². The van der Waals surface area contributed by atoms with Crippen LogP contribution in [0.3, 0.4) is 0 Å². The lowest BCUT2D eigenvalue weighted by molar-refractivity contribution is -0.163. The molecule has 138 valence electrons. The van der Waals surface area contributed by atoms with E-state index in [0.717, 1.165) is 19.3 Å². The minimum absolute atomic E-state index is 0.142. The molecule has 4 heteroatoms. The summed E-state index contributed by atoms with van der Waals surface area (Å²) in [5, 5.41) is 0. The molecule has 1 atom stereocenters. The first-order valence-corrected chi connectivity index (χ1v) is 8.70. The maximum absolute atomic E-state index is 11.2. The summed E-state index contributed by atoms with van der Waals surface area (Å²) in [6, 6.07) is 0. The number of hydrogen-bond acceptors (Lipinski definition) is 4. The van der Waals surface area contributed by atoms with Crippen LogP contribution in [0.2, 0.25) is 0 Å². The predicted molar refractivity (Wildman–Crippen MR) is 96.7 cm³/mol. The standard InChI is InChI=1S/C19H39NO3/c1-15(19(7,8)23-16(2)21)14-22-18(5,6)13-11-12-17(3,4)20(9)10/h15H,11-14H2,1-10H3. The first kappa shape index (κ1) is 22.4. The van der Waals surface area contributed by atoms with Crippen LogP contribution in [0, 0.1) is 5.92 Å². The zero-order valence-corrected chi connectivity index (χ0v) is 17.1. The largest absolute Gasteiger partial charge is 0.459 e. The van der Waals surface area contributed by atoms with Crippen LogP contribution in [0.1, 0.15) is 74.7 Å². The SMILES string of the molecule is CC(=O)OC(C)(C)C(C)COC(C)(C)CCCC(C)(C)N(C)C. The average Bonchev–Trinajstić information content (AvgIpc) is 2.33. The van der Waals surface area contributed by atoms with Gasteiger partial charge in [-0.3, -0.25) is 4.79 Å². The van der Waals surface area contributed by atoms with Gasteiger partial charge < -0.3 is 14.4 Å². The maximum atomic E-state index is 11.2. The Morgan fingerprint density at radius 3 is 2.00 bits per heavy atom. The first-order chi connectivity index (χ1) is 10.2. The summed E-state index contributed by atoms with van der Waals surface area (Å²) in [5.74, 6) is -0.101. The van der Waals surface area contributed by atoms with Crippen molar-refractivity contribution in [3.8, 4) is 0 Å². The van der Waals surface area contributed by atoms with E-state index < -0.39 is 5.60 Å². The number of rotatable bonds is 10. The van der Waals surface area contributed by atoms with E-state index >= 15 is 0 Å². The lowest BCUT2D eigenvalue weighted by atomic mass is 9.91. The molecule has 0 aromatic heterocycles. The summed E-state index contributed by atoms with van der Waals surface area (Å²) in [6.45, 7) is 16.8. The summed E-state index contributed by atoms with van der Waals surface area (Å²) < 4.78 is 11.5. The molecule has 0 fully saturated rings. The average molecular weight is 330 g/mol. The van der Waals surface area contributed by atoms with Crippen molar-refractivity contribution in [3.05, 3.63) is 0 Å². The van der Waals surface area contributed by atoms with Crippen LogP contribution in [0.4, 0.5) is 0 Å². The first-order valence-electron chi connectivity index (χ1n) is 8.70. The van der Waals surface area contributed by atoms with Crippen molar-refractivity contribution in [1.29, 1.82) is 0 Å². The Kier molecular flexibility index (Phi) is 8.25. The van der Waals surface area contributed by atoms with E-state index in [1.54, 1.807) is 0 Å². The van der Waals surface area contributed by atoms with Crippen molar-refractivity contribution in [2.45, 2.75) is 91.4 Å². The van der Waals surface area contributed by atoms with Crippen LogP contribution in [0.5, 0.6) is 0 Å². The van der Waals surface area contributed by atoms with Crippen LogP contribution in [0.15, 0.2) is 0 Å². The van der Waals surface area contributed by atoms with E-state index in [4.69, 9.17) is 9.47 Å². The van der Waals surface area contributed by atoms with Gasteiger partial charge in [0, 0.05) is 18.4 Å². The molecule has 0 N–H and O–H groups in total. The van der Waals surface area contributed by atoms with Gasteiger partial charge in [0.2, 0.25) is 0 Å². The number of ether oxygens (including phenoxy) is 2. The number of carbonyl (C=O) groups excluding carboxylic acids is 1. The van der Waals surface area contributed by atoms with Crippen LogP contribution >= 0.6 is 0 Å². The molecule has 0 aliphatic rings. The monoisotopic (exact) mass is 329 g/mol. The third-order valence-corrected chi connectivity index (χ3v) is 5.10. The smallest absolute Gasteiger partial charge is 0.303 e. The maximum Gasteiger partial charge on any atom is 0.303 e. The number of carbonyl (C=O) groups is 1. The molecular weight excluding hydrogens is 290 g/mol. The van der Waals surface area contributed by atoms with Gasteiger partial charge in [-0.25, -0.2) is 0 Å². The Bertz CT molecular complexity index is 373. The van der Waals surface area contributed by atoms with Crippen molar-refractivity contribution in [2.75, 3.05) is 20.7 Å². The molecule has 0 aromatic rings. The summed E-state index contributed by atoms with van der Waals surface area (Å²) in [5.41, 5.74) is -0.460. The van der Waals surface area contributed by atoms with Gasteiger partial charge in [0.25, 0.3) is 0 Å². The van der Waals surface area contributed by atoms with E-state index in [0.29, 0.717) is 6.61 Å². The molecule has 0 amide bonds. The molecule has 1 unspecified atom stereocenters. The fourth-order valence-corrected chi connectivity index (χ4v) is 2.26. The second-order valence-corrected chi connectivity index (χ2v) is 8.73. The van der Waals surface area contributed by atoms with Crippen molar-refractivity contribution >= 4 is 5.97 Å². The highest BCUT2D eigenvalue weighted by molar-refractivity contribution is 5.66. The van der Waals surface area contributed by atoms with Crippen molar-refractivity contribution in [3.63, 3.8) is 0 Å². The Hall–Kier alpha value is -0.610. The molecule has 0 saturated heterocycles. The molecule has 0 rings (SSSR count). The van der Waals surface area contributed by atoms with Gasteiger partial charge in [-0.2, -0.15) is 0 Å². The van der Waals surface area contributed by atoms with Gasteiger partial charge in [0.15, 0.2) is 0 Å². The van der Waals surface area contributed by atoms with Crippen LogP contribution < -0.4 is 0 Å². The Balaban J connectivity index is 4.35. The summed E-state index contributed by atoms with van der Waals surface area (Å²) in [7, 11) is 4.25. The van der Waals surface area contributed by atoms with Crippen LogP contribution in [-0.4, -0.2) is 48.3 Å². The zero-order valence-electron chi connectivity index (χ0n) is 17.1. The van der Waals surface area contributed by atoms with Gasteiger partial charge >= 0.3 is 5.97 Å². The molecule has 0 saturated carbocycles. The van der Waals surface area contributed by atoms with E-state index in [2.05, 4.69) is 53.6 Å². The number of nitrogens with zero attached hydrogens (tertiary/aromatic N) is 1. The molecule has 23 heavy (non-hydrogen) atoms. The predicted octanol–water partition coefficient (Wildman–Crippen LogP) is 4.27. The van der Waals surface area contributed by atoms with Gasteiger partial charge in [-0.05, 0) is 74.9 Å². The summed E-state index contributed by atoms with van der Waals surface area (Å²) >= 11 is 0. The number of esters is 1. The van der Waals surface area contributed by atoms with Gasteiger partial charge in [-0.15, -0.1) is 0 Å². The second-order valence-electron chi connectivity index (χ2n) is 8.73. The van der Waals surface area contributed by atoms with Crippen molar-refractivity contribution < 1.29 is 14.3 Å². The van der Waals surface area contributed by atoms with E-state index in [1.165, 1.54) is 6.92 Å². The molecule has 0 aliphatic heterocycles. The highest BCUT2D eigenvalue weighted by atomic mass is 16.6. The Morgan fingerprint density at radius 2 is 1.57 bits per heavy atom. The van der Waals surface area contributed by atoms with E-state index in [1.807, 2.05) is 13.8 Å². The molecule has 0 aromatic carbocycles. The van der Waals surface area contributed by atoms with Gasteiger partial charge in [-0.1, -0.05) is 6.92 Å². The summed E-state index contributed by atoms with van der Waals surface area (Å²) in [6.07, 6.45) is 3.28. The zero-order chi connectivity index (χ0) is 18.5. The van der Waals surface area contributed by atoms with E-state index in [-0.39, 0.29) is 23.0 Å². The second kappa shape index (κ2) is 8.48. The molecule has 0 heterocycles. The lowest BCUT2D eigenvalue weighted by Gasteiger charge is -2.36. The fourth-order valence-electron chi connectivity index (χ4n) is 2.26. The van der Waals surface area contributed by atoms with Crippen LogP contribution in [0.25, 0.3) is 0 Å².